The first kappa shape index (κ1) is 12.2. The van der Waals surface area contributed by atoms with Gasteiger partial charge in [-0.15, -0.1) is 0 Å². The highest BCUT2D eigenvalue weighted by atomic mass is 16.4. The lowest BCUT2D eigenvalue weighted by Crippen LogP contribution is -2.33. The Kier molecular flexibility index (Phi) is 3.25. The van der Waals surface area contributed by atoms with E-state index in [2.05, 4.69) is 29.6 Å². The Balaban J connectivity index is 1.89. The fourth-order valence-electron chi connectivity index (χ4n) is 2.92. The van der Waals surface area contributed by atoms with Crippen molar-refractivity contribution in [2.24, 2.45) is 0 Å². The van der Waals surface area contributed by atoms with Gasteiger partial charge >= 0.3 is 6.09 Å². The lowest BCUT2D eigenvalue weighted by Gasteiger charge is -2.27. The second-order valence-electron chi connectivity index (χ2n) is 5.08. The van der Waals surface area contributed by atoms with Gasteiger partial charge in [0.25, 0.3) is 0 Å². The van der Waals surface area contributed by atoms with Crippen LogP contribution in [0.2, 0.25) is 0 Å². The van der Waals surface area contributed by atoms with Crippen molar-refractivity contribution in [3.63, 3.8) is 0 Å². The Labute approximate surface area is 112 Å². The van der Waals surface area contributed by atoms with Gasteiger partial charge in [-0.05, 0) is 41.6 Å². The number of carboxylic acid groups (broad SMARTS) is 1. The summed E-state index contributed by atoms with van der Waals surface area (Å²) in [4.78, 5) is 12.4. The maximum atomic E-state index is 10.9. The number of carbonyl (C=O) groups is 1. The summed E-state index contributed by atoms with van der Waals surface area (Å²) in [5.74, 6) is 0. The van der Waals surface area contributed by atoms with Crippen LogP contribution < -0.4 is 5.32 Å². The zero-order valence-electron chi connectivity index (χ0n) is 10.9. The zero-order valence-corrected chi connectivity index (χ0v) is 10.9. The number of hydrogen-bond donors (Lipinski definition) is 2. The minimum Gasteiger partial charge on any atom is -0.465 e. The molecule has 4 nitrogen and oxygen atoms in total. The molecule has 0 saturated heterocycles. The molecule has 0 fully saturated rings. The van der Waals surface area contributed by atoms with Gasteiger partial charge in [-0.1, -0.05) is 24.3 Å². The number of hydrogen-bond acceptors (Lipinski definition) is 2. The Morgan fingerprint density at radius 1 is 1.32 bits per heavy atom. The number of amides is 1. The van der Waals surface area contributed by atoms with Crippen molar-refractivity contribution < 1.29 is 9.90 Å². The molecule has 0 atom stereocenters. The van der Waals surface area contributed by atoms with Gasteiger partial charge < -0.3 is 15.3 Å². The highest BCUT2D eigenvalue weighted by Crippen LogP contribution is 2.29. The van der Waals surface area contributed by atoms with E-state index in [9.17, 15) is 4.79 Å². The minimum absolute atomic E-state index is 0.507. The molecule has 0 spiro atoms. The van der Waals surface area contributed by atoms with E-state index in [4.69, 9.17) is 5.11 Å². The molecule has 0 bridgehead atoms. The topological polar surface area (TPSA) is 52.6 Å². The van der Waals surface area contributed by atoms with Crippen LogP contribution in [0.4, 0.5) is 4.79 Å². The van der Waals surface area contributed by atoms with Gasteiger partial charge in [-0.2, -0.15) is 0 Å². The number of rotatable bonds is 1. The highest BCUT2D eigenvalue weighted by Gasteiger charge is 2.20. The third-order valence-electron chi connectivity index (χ3n) is 3.97. The van der Waals surface area contributed by atoms with Gasteiger partial charge in [0.1, 0.15) is 0 Å². The molecular formula is C15H18N2O2. The minimum atomic E-state index is -0.824. The molecule has 1 aromatic carbocycles. The molecule has 0 saturated carbocycles. The van der Waals surface area contributed by atoms with E-state index in [1.807, 2.05) is 0 Å². The molecule has 100 valence electrons. The van der Waals surface area contributed by atoms with Crippen LogP contribution in [-0.2, 0) is 13.0 Å². The van der Waals surface area contributed by atoms with Crippen LogP contribution in [0.15, 0.2) is 24.3 Å². The second-order valence-corrected chi connectivity index (χ2v) is 5.08. The number of fused-ring (bicyclic) bond motifs is 1. The summed E-state index contributed by atoms with van der Waals surface area (Å²) >= 11 is 0. The van der Waals surface area contributed by atoms with Crippen molar-refractivity contribution in [1.82, 2.24) is 10.2 Å². The van der Waals surface area contributed by atoms with Crippen molar-refractivity contribution in [2.45, 2.75) is 19.4 Å². The Morgan fingerprint density at radius 3 is 2.95 bits per heavy atom. The average Bonchev–Trinajstić information content (AvgIpc) is 2.47. The SMILES string of the molecule is O=C(O)N1CC=C(c2cccc3c2CCNC3)CC1. The number of benzene rings is 1. The molecule has 0 radical (unpaired) electrons. The summed E-state index contributed by atoms with van der Waals surface area (Å²) in [6.07, 6.45) is 3.12. The summed E-state index contributed by atoms with van der Waals surface area (Å²) in [5, 5.41) is 12.4. The summed E-state index contributed by atoms with van der Waals surface area (Å²) in [5.41, 5.74) is 5.45. The highest BCUT2D eigenvalue weighted by molar-refractivity contribution is 5.73. The van der Waals surface area contributed by atoms with E-state index in [1.54, 1.807) is 0 Å². The third-order valence-corrected chi connectivity index (χ3v) is 3.97. The summed E-state index contributed by atoms with van der Waals surface area (Å²) < 4.78 is 0. The number of nitrogens with zero attached hydrogens (tertiary/aromatic N) is 1. The molecule has 0 aromatic heterocycles. The molecule has 2 aliphatic rings. The Morgan fingerprint density at radius 2 is 2.21 bits per heavy atom. The van der Waals surface area contributed by atoms with Crippen LogP contribution >= 0.6 is 0 Å². The molecule has 0 unspecified atom stereocenters. The van der Waals surface area contributed by atoms with Gasteiger partial charge in [-0.3, -0.25) is 0 Å². The normalized spacial score (nSPS) is 18.7. The molecule has 2 heterocycles. The first-order valence-corrected chi connectivity index (χ1v) is 6.74. The van der Waals surface area contributed by atoms with Crippen molar-refractivity contribution in [1.29, 1.82) is 0 Å². The van der Waals surface area contributed by atoms with Gasteiger partial charge in [0, 0.05) is 19.6 Å². The van der Waals surface area contributed by atoms with Crippen molar-refractivity contribution in [2.75, 3.05) is 19.6 Å². The second kappa shape index (κ2) is 5.05. The summed E-state index contributed by atoms with van der Waals surface area (Å²) in [6, 6.07) is 6.45. The quantitative estimate of drug-likeness (QED) is 0.811. The molecule has 2 N–H and O–H groups in total. The fraction of sp³-hybridized carbons (Fsp3) is 0.400. The maximum Gasteiger partial charge on any atom is 0.407 e. The first-order valence-electron chi connectivity index (χ1n) is 6.74. The van der Waals surface area contributed by atoms with Crippen LogP contribution in [0.3, 0.4) is 0 Å². The molecule has 19 heavy (non-hydrogen) atoms. The predicted molar refractivity (Wildman–Crippen MR) is 74.0 cm³/mol. The first-order chi connectivity index (χ1) is 9.25. The van der Waals surface area contributed by atoms with E-state index in [1.165, 1.54) is 27.2 Å². The molecule has 1 aromatic rings. The van der Waals surface area contributed by atoms with E-state index >= 15 is 0 Å². The molecule has 1 amide bonds. The van der Waals surface area contributed by atoms with Crippen LogP contribution in [0, 0.1) is 0 Å². The lowest BCUT2D eigenvalue weighted by atomic mass is 9.89. The van der Waals surface area contributed by atoms with E-state index < -0.39 is 6.09 Å². The monoisotopic (exact) mass is 258 g/mol. The largest absolute Gasteiger partial charge is 0.465 e. The zero-order chi connectivity index (χ0) is 13.2. The van der Waals surface area contributed by atoms with Crippen LogP contribution in [0.5, 0.6) is 0 Å². The van der Waals surface area contributed by atoms with Crippen LogP contribution in [0.1, 0.15) is 23.1 Å². The van der Waals surface area contributed by atoms with Gasteiger partial charge in [0.05, 0.1) is 0 Å². The Hall–Kier alpha value is -1.81. The van der Waals surface area contributed by atoms with Crippen molar-refractivity contribution >= 4 is 11.7 Å². The maximum absolute atomic E-state index is 10.9. The predicted octanol–water partition coefficient (Wildman–Crippen LogP) is 2.10. The molecule has 4 heteroatoms. The molecule has 3 rings (SSSR count). The smallest absolute Gasteiger partial charge is 0.407 e. The van der Waals surface area contributed by atoms with Crippen molar-refractivity contribution in [3.8, 4) is 0 Å². The Bertz CT molecular complexity index is 537. The van der Waals surface area contributed by atoms with Crippen LogP contribution in [-0.4, -0.2) is 35.7 Å². The average molecular weight is 258 g/mol. The van der Waals surface area contributed by atoms with E-state index in [0.717, 1.165) is 25.9 Å². The summed E-state index contributed by atoms with van der Waals surface area (Å²) in [7, 11) is 0. The fourth-order valence-corrected chi connectivity index (χ4v) is 2.92. The molecular weight excluding hydrogens is 240 g/mol. The van der Waals surface area contributed by atoms with E-state index in [-0.39, 0.29) is 0 Å². The number of nitrogens with one attached hydrogen (secondary N) is 1. The van der Waals surface area contributed by atoms with Gasteiger partial charge in [0.15, 0.2) is 0 Å². The summed E-state index contributed by atoms with van der Waals surface area (Å²) in [6.45, 7) is 3.08. The third kappa shape index (κ3) is 2.36. The van der Waals surface area contributed by atoms with E-state index in [0.29, 0.717) is 13.1 Å². The molecule has 2 aliphatic heterocycles. The van der Waals surface area contributed by atoms with Crippen LogP contribution in [0.25, 0.3) is 5.57 Å². The lowest BCUT2D eigenvalue weighted by molar-refractivity contribution is 0.150. The van der Waals surface area contributed by atoms with Gasteiger partial charge in [0.2, 0.25) is 0 Å². The van der Waals surface area contributed by atoms with Crippen molar-refractivity contribution in [3.05, 3.63) is 41.0 Å². The standard InChI is InChI=1S/C15H18N2O2/c18-15(19)17-8-5-11(6-9-17)13-3-1-2-12-10-16-7-4-14(12)13/h1-3,5,16H,4,6-10H2,(H,18,19). The van der Waals surface area contributed by atoms with Gasteiger partial charge in [-0.25, -0.2) is 4.79 Å². The molecule has 0 aliphatic carbocycles.